The molecule has 10 aromatic rings. The van der Waals surface area contributed by atoms with E-state index in [9.17, 15) is 0 Å². The summed E-state index contributed by atoms with van der Waals surface area (Å²) in [6.07, 6.45) is 0. The second-order valence-electron chi connectivity index (χ2n) is 13.8. The van der Waals surface area contributed by atoms with Gasteiger partial charge in [0.15, 0.2) is 0 Å². The third-order valence-electron chi connectivity index (χ3n) is 10.5. The van der Waals surface area contributed by atoms with Crippen LogP contribution in [0.3, 0.4) is 0 Å². The molecule has 0 fully saturated rings. The summed E-state index contributed by atoms with van der Waals surface area (Å²) in [5.74, 6) is 0. The Balaban J connectivity index is 0.996. The molecule has 0 bridgehead atoms. The number of fused-ring (bicyclic) bond motifs is 4. The average molecular weight is 706 g/mol. The molecule has 0 aliphatic carbocycles. The average Bonchev–Trinajstić information content (AvgIpc) is 3.62. The van der Waals surface area contributed by atoms with Crippen molar-refractivity contribution in [2.45, 2.75) is 0 Å². The number of benzene rings is 9. The lowest BCUT2D eigenvalue weighted by molar-refractivity contribution is 1.29. The highest BCUT2D eigenvalue weighted by Crippen LogP contribution is 2.41. The molecule has 0 unspecified atom stereocenters. The smallest absolute Gasteiger partial charge is 0.0476 e. The number of rotatable bonds is 7. The molecule has 0 aliphatic heterocycles. The van der Waals surface area contributed by atoms with Gasteiger partial charge in [0.25, 0.3) is 0 Å². The molecule has 1 heterocycles. The van der Waals surface area contributed by atoms with Gasteiger partial charge >= 0.3 is 0 Å². The summed E-state index contributed by atoms with van der Waals surface area (Å²) in [5, 5.41) is 5.14. The van der Waals surface area contributed by atoms with Gasteiger partial charge in [-0.1, -0.05) is 152 Å². The maximum Gasteiger partial charge on any atom is 0.0476 e. The van der Waals surface area contributed by atoms with Crippen LogP contribution >= 0.6 is 11.3 Å². The van der Waals surface area contributed by atoms with Crippen LogP contribution in [0.1, 0.15) is 0 Å². The maximum absolute atomic E-state index is 2.37. The second-order valence-corrected chi connectivity index (χ2v) is 14.9. The highest BCUT2D eigenvalue weighted by molar-refractivity contribution is 7.25. The van der Waals surface area contributed by atoms with Gasteiger partial charge in [0.2, 0.25) is 0 Å². The highest BCUT2D eigenvalue weighted by atomic mass is 32.1. The van der Waals surface area contributed by atoms with Crippen LogP contribution in [0.2, 0.25) is 0 Å². The van der Waals surface area contributed by atoms with Crippen molar-refractivity contribution >= 4 is 59.3 Å². The van der Waals surface area contributed by atoms with Gasteiger partial charge in [-0.15, -0.1) is 11.3 Å². The first kappa shape index (κ1) is 32.0. The second kappa shape index (κ2) is 13.7. The molecule has 0 N–H and O–H groups in total. The molecule has 2 heteroatoms. The third kappa shape index (κ3) is 6.03. The van der Waals surface area contributed by atoms with Gasteiger partial charge in [-0.2, -0.15) is 0 Å². The largest absolute Gasteiger partial charge is 0.310 e. The number of hydrogen-bond donors (Lipinski definition) is 0. The zero-order valence-electron chi connectivity index (χ0n) is 29.6. The molecule has 0 radical (unpaired) electrons. The minimum Gasteiger partial charge on any atom is -0.310 e. The number of anilines is 3. The Morgan fingerprint density at radius 2 is 0.722 bits per heavy atom. The molecule has 1 nitrogen and oxygen atoms in total. The normalized spacial score (nSPS) is 11.3. The van der Waals surface area contributed by atoms with Crippen molar-refractivity contribution in [3.05, 3.63) is 212 Å². The molecule has 10 rings (SSSR count). The first-order chi connectivity index (χ1) is 26.7. The lowest BCUT2D eigenvalue weighted by Crippen LogP contribution is -2.09. The van der Waals surface area contributed by atoms with E-state index in [2.05, 4.69) is 217 Å². The van der Waals surface area contributed by atoms with E-state index in [-0.39, 0.29) is 0 Å². The Morgan fingerprint density at radius 1 is 0.259 bits per heavy atom. The topological polar surface area (TPSA) is 3.24 Å². The molecular formula is C52H35NS. The first-order valence-corrected chi connectivity index (χ1v) is 19.2. The van der Waals surface area contributed by atoms with Gasteiger partial charge in [-0.25, -0.2) is 0 Å². The molecule has 0 saturated carbocycles. The fraction of sp³-hybridized carbons (Fsp3) is 0. The van der Waals surface area contributed by atoms with E-state index < -0.39 is 0 Å². The fourth-order valence-corrected chi connectivity index (χ4v) is 8.80. The van der Waals surface area contributed by atoms with Crippen LogP contribution < -0.4 is 4.90 Å². The van der Waals surface area contributed by atoms with E-state index in [1.165, 1.54) is 75.5 Å². The van der Waals surface area contributed by atoms with Gasteiger partial charge in [-0.3, -0.25) is 0 Å². The number of nitrogens with zero attached hydrogens (tertiary/aromatic N) is 1. The predicted molar refractivity (Wildman–Crippen MR) is 233 cm³/mol. The molecule has 9 aromatic carbocycles. The maximum atomic E-state index is 2.37. The summed E-state index contributed by atoms with van der Waals surface area (Å²) >= 11 is 1.86. The van der Waals surface area contributed by atoms with E-state index in [0.29, 0.717) is 0 Å². The van der Waals surface area contributed by atoms with Crippen molar-refractivity contribution in [1.29, 1.82) is 0 Å². The molecule has 1 aromatic heterocycles. The fourth-order valence-electron chi connectivity index (χ4n) is 7.66. The zero-order valence-corrected chi connectivity index (χ0v) is 30.4. The van der Waals surface area contributed by atoms with Crippen LogP contribution in [0.4, 0.5) is 17.1 Å². The van der Waals surface area contributed by atoms with Gasteiger partial charge < -0.3 is 4.90 Å². The Bertz CT molecular complexity index is 2920. The lowest BCUT2D eigenvalue weighted by atomic mass is 9.95. The minimum atomic E-state index is 1.12. The third-order valence-corrected chi connectivity index (χ3v) is 11.6. The van der Waals surface area contributed by atoms with E-state index in [4.69, 9.17) is 0 Å². The molecule has 0 spiro atoms. The highest BCUT2D eigenvalue weighted by Gasteiger charge is 2.16. The predicted octanol–water partition coefficient (Wildman–Crippen LogP) is 15.3. The van der Waals surface area contributed by atoms with Crippen LogP contribution in [0, 0.1) is 0 Å². The summed E-state index contributed by atoms with van der Waals surface area (Å²) in [7, 11) is 0. The molecule has 0 aliphatic rings. The van der Waals surface area contributed by atoms with Gasteiger partial charge in [-0.05, 0) is 116 Å². The van der Waals surface area contributed by atoms with Crippen molar-refractivity contribution in [1.82, 2.24) is 0 Å². The molecular weight excluding hydrogens is 671 g/mol. The SMILES string of the molecule is c1ccc(-c2ccc(N(c3ccc(-c4cccc(-c5cccc(-c6ccc7ccccc7c6)c5)c4)cc3)c3ccc4c(c3)sc3ccccc34)cc2)cc1. The summed E-state index contributed by atoms with van der Waals surface area (Å²) in [4.78, 5) is 2.37. The summed E-state index contributed by atoms with van der Waals surface area (Å²) in [5.41, 5.74) is 13.0. The number of hydrogen-bond acceptors (Lipinski definition) is 2. The quantitative estimate of drug-likeness (QED) is 0.160. The van der Waals surface area contributed by atoms with Crippen molar-refractivity contribution in [2.24, 2.45) is 0 Å². The Hall–Kier alpha value is -6.74. The van der Waals surface area contributed by atoms with Crippen molar-refractivity contribution in [3.8, 4) is 44.5 Å². The molecule has 54 heavy (non-hydrogen) atoms. The van der Waals surface area contributed by atoms with Gasteiger partial charge in [0, 0.05) is 37.2 Å². The number of thiophene rings is 1. The van der Waals surface area contributed by atoms with Gasteiger partial charge in [0.05, 0.1) is 0 Å². The molecule has 0 atom stereocenters. The standard InChI is InChI=1S/C52H35NS/c1-2-10-36(11-3-1)38-22-26-46(27-23-38)53(48-30-31-50-49-18-6-7-19-51(49)54-52(50)35-48)47-28-24-39(25-29-47)41-14-8-15-42(32-41)43-16-9-17-44(34-43)45-21-20-37-12-4-5-13-40(37)33-45/h1-35H. The van der Waals surface area contributed by atoms with E-state index in [1.54, 1.807) is 0 Å². The first-order valence-electron chi connectivity index (χ1n) is 18.4. The lowest BCUT2D eigenvalue weighted by Gasteiger charge is -2.26. The van der Waals surface area contributed by atoms with Crippen LogP contribution in [-0.2, 0) is 0 Å². The van der Waals surface area contributed by atoms with E-state index >= 15 is 0 Å². The summed E-state index contributed by atoms with van der Waals surface area (Å²) < 4.78 is 2.60. The minimum absolute atomic E-state index is 1.12. The van der Waals surface area contributed by atoms with Crippen LogP contribution in [0.5, 0.6) is 0 Å². The van der Waals surface area contributed by atoms with Crippen molar-refractivity contribution in [2.75, 3.05) is 4.90 Å². The Kier molecular flexibility index (Phi) is 8.09. The molecule has 0 saturated heterocycles. The summed E-state index contributed by atoms with van der Waals surface area (Å²) in [6, 6.07) is 77.1. The monoisotopic (exact) mass is 705 g/mol. The zero-order chi connectivity index (χ0) is 35.8. The van der Waals surface area contributed by atoms with Crippen molar-refractivity contribution in [3.63, 3.8) is 0 Å². The van der Waals surface area contributed by atoms with Crippen LogP contribution in [0.15, 0.2) is 212 Å². The molecule has 0 amide bonds. The van der Waals surface area contributed by atoms with Crippen LogP contribution in [0.25, 0.3) is 75.5 Å². The van der Waals surface area contributed by atoms with E-state index in [1.807, 2.05) is 11.3 Å². The summed E-state index contributed by atoms with van der Waals surface area (Å²) in [6.45, 7) is 0. The van der Waals surface area contributed by atoms with Crippen LogP contribution in [-0.4, -0.2) is 0 Å². The van der Waals surface area contributed by atoms with E-state index in [0.717, 1.165) is 17.1 Å². The Labute approximate surface area is 319 Å². The molecule has 254 valence electrons. The Morgan fingerprint density at radius 3 is 1.41 bits per heavy atom. The van der Waals surface area contributed by atoms with Crippen molar-refractivity contribution < 1.29 is 0 Å². The van der Waals surface area contributed by atoms with Gasteiger partial charge in [0.1, 0.15) is 0 Å².